The highest BCUT2D eigenvalue weighted by Gasteiger charge is 2.29. The molecule has 2 nitrogen and oxygen atoms in total. The lowest BCUT2D eigenvalue weighted by molar-refractivity contribution is 0.236. The van der Waals surface area contributed by atoms with Gasteiger partial charge in [0, 0.05) is 24.4 Å². The van der Waals surface area contributed by atoms with E-state index in [0.29, 0.717) is 12.1 Å². The molecule has 1 fully saturated rings. The molecule has 0 aromatic rings. The van der Waals surface area contributed by atoms with Crippen molar-refractivity contribution in [3.63, 3.8) is 0 Å². The van der Waals surface area contributed by atoms with E-state index in [-0.39, 0.29) is 0 Å². The van der Waals surface area contributed by atoms with Crippen LogP contribution in [0.4, 0.5) is 0 Å². The Balaban J connectivity index is 1.95. The average molecular weight is 186 g/mol. The summed E-state index contributed by atoms with van der Waals surface area (Å²) in [4.78, 5) is 2.33. The quantitative estimate of drug-likeness (QED) is 0.620. The molecular formula is C12H14N2. The van der Waals surface area contributed by atoms with Crippen LogP contribution in [-0.4, -0.2) is 17.6 Å². The smallest absolute Gasteiger partial charge is 0.103 e. The highest BCUT2D eigenvalue weighted by Crippen LogP contribution is 2.29. The van der Waals surface area contributed by atoms with Crippen LogP contribution in [0.3, 0.4) is 0 Å². The molecule has 0 aromatic heterocycles. The van der Waals surface area contributed by atoms with Crippen LogP contribution >= 0.6 is 0 Å². The van der Waals surface area contributed by atoms with Crippen molar-refractivity contribution in [2.45, 2.75) is 12.6 Å². The van der Waals surface area contributed by atoms with Crippen molar-refractivity contribution < 1.29 is 0 Å². The molecule has 2 aliphatic heterocycles. The first kappa shape index (κ1) is 8.06. The minimum atomic E-state index is 0.369. The summed E-state index contributed by atoms with van der Waals surface area (Å²) in [6, 6.07) is 0. The number of nitrogens with one attached hydrogen (secondary N) is 1. The molecule has 0 aromatic carbocycles. The summed E-state index contributed by atoms with van der Waals surface area (Å²) in [6.07, 6.45) is 16.8. The molecular weight excluding hydrogens is 172 g/mol. The third-order valence-corrected chi connectivity index (χ3v) is 3.06. The molecule has 0 amide bonds. The van der Waals surface area contributed by atoms with Gasteiger partial charge in [-0.3, -0.25) is 5.32 Å². The van der Waals surface area contributed by atoms with Crippen LogP contribution < -0.4 is 5.32 Å². The van der Waals surface area contributed by atoms with E-state index >= 15 is 0 Å². The van der Waals surface area contributed by atoms with E-state index in [0.717, 1.165) is 6.54 Å². The van der Waals surface area contributed by atoms with Gasteiger partial charge in [-0.25, -0.2) is 0 Å². The Morgan fingerprint density at radius 1 is 1.29 bits per heavy atom. The van der Waals surface area contributed by atoms with Gasteiger partial charge in [-0.15, -0.1) is 0 Å². The number of hydrogen-bond donors (Lipinski definition) is 1. The third kappa shape index (κ3) is 1.15. The number of nitrogens with zero attached hydrogens (tertiary/aromatic N) is 1. The van der Waals surface area contributed by atoms with Gasteiger partial charge in [0.25, 0.3) is 0 Å². The first-order chi connectivity index (χ1) is 6.95. The Morgan fingerprint density at radius 2 is 2.29 bits per heavy atom. The third-order valence-electron chi connectivity index (χ3n) is 3.06. The van der Waals surface area contributed by atoms with Crippen molar-refractivity contribution in [2.24, 2.45) is 5.92 Å². The summed E-state index contributed by atoms with van der Waals surface area (Å²) in [5.74, 6) is 0.660. The minimum absolute atomic E-state index is 0.369. The first-order valence-electron chi connectivity index (χ1n) is 5.18. The maximum absolute atomic E-state index is 3.53. The fourth-order valence-electron chi connectivity index (χ4n) is 2.32. The Bertz CT molecular complexity index is 349. The Morgan fingerprint density at radius 3 is 3.29 bits per heavy atom. The van der Waals surface area contributed by atoms with Crippen molar-refractivity contribution in [1.29, 1.82) is 0 Å². The molecule has 72 valence electrons. The highest BCUT2D eigenvalue weighted by molar-refractivity contribution is 5.28. The Hall–Kier alpha value is -1.28. The average Bonchev–Trinajstić information content (AvgIpc) is 2.29. The molecule has 2 unspecified atom stereocenters. The minimum Gasteiger partial charge on any atom is -0.332 e. The van der Waals surface area contributed by atoms with Crippen LogP contribution in [0.1, 0.15) is 6.42 Å². The number of rotatable bonds is 0. The van der Waals surface area contributed by atoms with Crippen molar-refractivity contribution in [1.82, 2.24) is 10.2 Å². The summed E-state index contributed by atoms with van der Waals surface area (Å²) in [6.45, 7) is 1.09. The highest BCUT2D eigenvalue weighted by atomic mass is 15.3. The van der Waals surface area contributed by atoms with E-state index in [1.165, 1.54) is 12.1 Å². The normalized spacial score (nSPS) is 33.7. The van der Waals surface area contributed by atoms with Crippen LogP contribution in [0.2, 0.25) is 0 Å². The molecule has 2 heterocycles. The maximum Gasteiger partial charge on any atom is 0.103 e. The summed E-state index contributed by atoms with van der Waals surface area (Å²) >= 11 is 0. The van der Waals surface area contributed by atoms with Gasteiger partial charge >= 0.3 is 0 Å². The summed E-state index contributed by atoms with van der Waals surface area (Å²) in [5.41, 5.74) is 1.46. The predicted octanol–water partition coefficient (Wildman–Crippen LogP) is 1.76. The Labute approximate surface area is 84.3 Å². The molecule has 2 heteroatoms. The van der Waals surface area contributed by atoms with E-state index < -0.39 is 0 Å². The monoisotopic (exact) mass is 186 g/mol. The van der Waals surface area contributed by atoms with Crippen LogP contribution in [-0.2, 0) is 0 Å². The van der Waals surface area contributed by atoms with Gasteiger partial charge < -0.3 is 4.90 Å². The number of allylic oxidation sites excluding steroid dienone is 5. The molecule has 1 saturated heterocycles. The molecule has 0 radical (unpaired) electrons. The fraction of sp³-hybridized carbons (Fsp3) is 0.333. The number of fused-ring (bicyclic) bond motifs is 3. The first-order valence-corrected chi connectivity index (χ1v) is 5.18. The molecule has 2 atom stereocenters. The molecule has 14 heavy (non-hydrogen) atoms. The topological polar surface area (TPSA) is 15.3 Å². The van der Waals surface area contributed by atoms with Crippen LogP contribution in [0.5, 0.6) is 0 Å². The van der Waals surface area contributed by atoms with Gasteiger partial charge in [-0.1, -0.05) is 18.2 Å². The van der Waals surface area contributed by atoms with E-state index in [1.807, 2.05) is 0 Å². The number of hydrogen-bond acceptors (Lipinski definition) is 2. The van der Waals surface area contributed by atoms with E-state index in [2.05, 4.69) is 52.9 Å². The van der Waals surface area contributed by atoms with Gasteiger partial charge in [-0.2, -0.15) is 0 Å². The Kier molecular flexibility index (Phi) is 1.81. The van der Waals surface area contributed by atoms with E-state index in [1.54, 1.807) is 0 Å². The van der Waals surface area contributed by atoms with E-state index in [4.69, 9.17) is 0 Å². The molecule has 3 aliphatic rings. The predicted molar refractivity (Wildman–Crippen MR) is 57.2 cm³/mol. The second kappa shape index (κ2) is 3.14. The van der Waals surface area contributed by atoms with Crippen molar-refractivity contribution in [3.8, 4) is 0 Å². The zero-order valence-corrected chi connectivity index (χ0v) is 8.06. The summed E-state index contributed by atoms with van der Waals surface area (Å²) in [5, 5.41) is 3.53. The van der Waals surface area contributed by atoms with E-state index in [9.17, 15) is 0 Å². The standard InChI is InChI=1S/C12H14N2/c1-2-6-11-10(5-1)9-13-12-7-3-4-8-14(11)12/h1-4,6-8,10,12-13H,5,9H2. The van der Waals surface area contributed by atoms with Crippen molar-refractivity contribution >= 4 is 0 Å². The lowest BCUT2D eigenvalue weighted by Crippen LogP contribution is -2.51. The second-order valence-electron chi connectivity index (χ2n) is 3.94. The molecule has 3 rings (SSSR count). The largest absolute Gasteiger partial charge is 0.332 e. The van der Waals surface area contributed by atoms with Gasteiger partial charge in [0.15, 0.2) is 0 Å². The van der Waals surface area contributed by atoms with Gasteiger partial charge in [0.2, 0.25) is 0 Å². The zero-order chi connectivity index (χ0) is 9.38. The molecule has 1 aliphatic carbocycles. The SMILES string of the molecule is C1=CCC2CNC3C=CC=CN3C2=C1. The van der Waals surface area contributed by atoms with Gasteiger partial charge in [0.05, 0.1) is 0 Å². The van der Waals surface area contributed by atoms with Crippen molar-refractivity contribution in [3.05, 3.63) is 48.4 Å². The van der Waals surface area contributed by atoms with Gasteiger partial charge in [0.1, 0.15) is 6.17 Å². The van der Waals surface area contributed by atoms with Crippen LogP contribution in [0.25, 0.3) is 0 Å². The summed E-state index contributed by atoms with van der Waals surface area (Å²) < 4.78 is 0. The van der Waals surface area contributed by atoms with Gasteiger partial charge in [-0.05, 0) is 24.6 Å². The molecule has 0 bridgehead atoms. The molecule has 0 saturated carbocycles. The lowest BCUT2D eigenvalue weighted by atomic mass is 9.92. The van der Waals surface area contributed by atoms with Crippen molar-refractivity contribution in [2.75, 3.05) is 6.54 Å². The lowest BCUT2D eigenvalue weighted by Gasteiger charge is -2.42. The maximum atomic E-state index is 3.53. The zero-order valence-electron chi connectivity index (χ0n) is 8.06. The fourth-order valence-corrected chi connectivity index (χ4v) is 2.32. The molecule has 1 N–H and O–H groups in total. The van der Waals surface area contributed by atoms with Crippen LogP contribution in [0.15, 0.2) is 48.4 Å². The second-order valence-corrected chi connectivity index (χ2v) is 3.94. The van der Waals surface area contributed by atoms with Crippen LogP contribution in [0, 0.1) is 5.92 Å². The summed E-state index contributed by atoms with van der Waals surface area (Å²) in [7, 11) is 0. The molecule has 0 spiro atoms.